The second-order valence-electron chi connectivity index (χ2n) is 1.41. The van der Waals surface area contributed by atoms with E-state index in [1.807, 2.05) is 0 Å². The van der Waals surface area contributed by atoms with E-state index in [1.165, 1.54) is 13.2 Å². The van der Waals surface area contributed by atoms with Crippen molar-refractivity contribution in [1.82, 2.24) is 9.78 Å². The summed E-state index contributed by atoms with van der Waals surface area (Å²) in [5, 5.41) is 3.59. The van der Waals surface area contributed by atoms with Crippen molar-refractivity contribution in [2.24, 2.45) is 7.05 Å². The van der Waals surface area contributed by atoms with Gasteiger partial charge in [-0.3, -0.25) is 0 Å². The van der Waals surface area contributed by atoms with Crippen LogP contribution in [0.25, 0.3) is 0 Å². The molecule has 2 nitrogen and oxygen atoms in total. The molecule has 0 aliphatic carbocycles. The van der Waals surface area contributed by atoms with Crippen LogP contribution in [0.4, 0.5) is 4.39 Å². The van der Waals surface area contributed by atoms with Crippen molar-refractivity contribution in [3.8, 4) is 0 Å². The highest BCUT2D eigenvalue weighted by Crippen LogP contribution is 2.09. The van der Waals surface area contributed by atoms with Crippen molar-refractivity contribution in [2.75, 3.05) is 0 Å². The van der Waals surface area contributed by atoms with Crippen molar-refractivity contribution in [3.63, 3.8) is 0 Å². The Bertz CT molecular complexity index is 176. The highest BCUT2D eigenvalue weighted by molar-refractivity contribution is 6.30. The average Bonchev–Trinajstić information content (AvgIpc) is 1.98. The third-order valence-electron chi connectivity index (χ3n) is 0.825. The number of aromatic nitrogens is 2. The molecule has 44 valence electrons. The first-order chi connectivity index (χ1) is 3.72. The van der Waals surface area contributed by atoms with Crippen LogP contribution in [0.2, 0.25) is 5.02 Å². The molecular weight excluding hydrogens is 131 g/mol. The first-order valence-electron chi connectivity index (χ1n) is 2.05. The summed E-state index contributed by atoms with van der Waals surface area (Å²) >= 11 is 5.27. The van der Waals surface area contributed by atoms with Gasteiger partial charge < -0.3 is 0 Å². The molecule has 4 heteroatoms. The Labute approximate surface area is 50.9 Å². The quantitative estimate of drug-likeness (QED) is 0.522. The molecule has 1 aromatic heterocycles. The molecule has 1 heterocycles. The molecule has 0 radical (unpaired) electrons. The molecule has 0 bridgehead atoms. The molecule has 0 aliphatic rings. The molecule has 8 heavy (non-hydrogen) atoms. The molecular formula is C4H4ClFN2. The van der Waals surface area contributed by atoms with Crippen LogP contribution in [0.3, 0.4) is 0 Å². The fourth-order valence-electron chi connectivity index (χ4n) is 0.396. The second-order valence-corrected chi connectivity index (χ2v) is 1.81. The normalized spacial score (nSPS) is 9.88. The van der Waals surface area contributed by atoms with Crippen LogP contribution < -0.4 is 0 Å². The van der Waals surface area contributed by atoms with Crippen LogP contribution in [-0.2, 0) is 7.05 Å². The topological polar surface area (TPSA) is 17.8 Å². The van der Waals surface area contributed by atoms with Crippen molar-refractivity contribution in [1.29, 1.82) is 0 Å². The summed E-state index contributed by atoms with van der Waals surface area (Å²) in [4.78, 5) is 0. The summed E-state index contributed by atoms with van der Waals surface area (Å²) in [6.07, 6.45) is 1.26. The molecule has 0 saturated heterocycles. The molecule has 0 unspecified atom stereocenters. The second kappa shape index (κ2) is 1.74. The third-order valence-corrected chi connectivity index (χ3v) is 1.08. The van der Waals surface area contributed by atoms with Crippen molar-refractivity contribution < 1.29 is 4.39 Å². The van der Waals surface area contributed by atoms with Gasteiger partial charge in [-0.25, -0.2) is 4.68 Å². The van der Waals surface area contributed by atoms with Gasteiger partial charge >= 0.3 is 0 Å². The van der Waals surface area contributed by atoms with Gasteiger partial charge in [0.05, 0.1) is 6.20 Å². The van der Waals surface area contributed by atoms with E-state index in [-0.39, 0.29) is 5.02 Å². The predicted molar refractivity (Wildman–Crippen MR) is 28.2 cm³/mol. The Morgan fingerprint density at radius 3 is 2.62 bits per heavy atom. The van der Waals surface area contributed by atoms with Crippen LogP contribution in [0.1, 0.15) is 0 Å². The maximum Gasteiger partial charge on any atom is 0.230 e. The highest BCUT2D eigenvalue weighted by Gasteiger charge is 2.01. The number of rotatable bonds is 0. The molecule has 0 N–H and O–H groups in total. The van der Waals surface area contributed by atoms with Crippen molar-refractivity contribution in [3.05, 3.63) is 17.2 Å². The predicted octanol–water partition coefficient (Wildman–Crippen LogP) is 1.21. The maximum atomic E-state index is 12.3. The fourth-order valence-corrected chi connectivity index (χ4v) is 0.562. The third kappa shape index (κ3) is 0.690. The summed E-state index contributed by atoms with van der Waals surface area (Å²) in [5.74, 6) is -0.494. The van der Waals surface area contributed by atoms with E-state index in [9.17, 15) is 4.39 Å². The molecule has 0 fully saturated rings. The smallest absolute Gasteiger partial charge is 0.230 e. The maximum absolute atomic E-state index is 12.3. The zero-order chi connectivity index (χ0) is 6.15. The number of nitrogens with zero attached hydrogens (tertiary/aromatic N) is 2. The van der Waals surface area contributed by atoms with Gasteiger partial charge in [-0.1, -0.05) is 11.6 Å². The monoisotopic (exact) mass is 134 g/mol. The molecule has 0 atom stereocenters. The molecule has 0 aliphatic heterocycles. The Kier molecular flexibility index (Phi) is 1.21. The van der Waals surface area contributed by atoms with Gasteiger partial charge in [-0.05, 0) is 0 Å². The van der Waals surface area contributed by atoms with E-state index in [0.717, 1.165) is 4.68 Å². The van der Waals surface area contributed by atoms with Gasteiger partial charge in [0.15, 0.2) is 0 Å². The molecule has 1 aromatic rings. The lowest BCUT2D eigenvalue weighted by Crippen LogP contribution is -1.92. The minimum absolute atomic E-state index is 0.0625. The van der Waals surface area contributed by atoms with Crippen LogP contribution in [0, 0.1) is 5.95 Å². The van der Waals surface area contributed by atoms with Gasteiger partial charge in [-0.15, -0.1) is 0 Å². The van der Waals surface area contributed by atoms with Crippen LogP contribution in [0.15, 0.2) is 6.20 Å². The largest absolute Gasteiger partial charge is 0.241 e. The molecule has 0 saturated carbocycles. The first-order valence-corrected chi connectivity index (χ1v) is 2.42. The van der Waals surface area contributed by atoms with E-state index in [1.54, 1.807) is 0 Å². The number of aryl methyl sites for hydroxylation is 1. The lowest BCUT2D eigenvalue weighted by atomic mass is 10.7. The molecule has 0 aromatic carbocycles. The van der Waals surface area contributed by atoms with E-state index in [2.05, 4.69) is 5.10 Å². The van der Waals surface area contributed by atoms with Crippen LogP contribution in [0.5, 0.6) is 0 Å². The summed E-state index contributed by atoms with van der Waals surface area (Å²) < 4.78 is 13.3. The lowest BCUT2D eigenvalue weighted by Gasteiger charge is -1.84. The summed E-state index contributed by atoms with van der Waals surface area (Å²) in [6, 6.07) is 0. The summed E-state index contributed by atoms with van der Waals surface area (Å²) in [7, 11) is 1.49. The van der Waals surface area contributed by atoms with Gasteiger partial charge in [0, 0.05) is 7.05 Å². The number of halogens is 2. The SMILES string of the molecule is Cn1ncc(Cl)c1F. The first kappa shape index (κ1) is 5.56. The van der Waals surface area contributed by atoms with Crippen LogP contribution >= 0.6 is 11.6 Å². The Morgan fingerprint density at radius 2 is 2.50 bits per heavy atom. The Hall–Kier alpha value is -0.570. The molecule has 1 rings (SSSR count). The van der Waals surface area contributed by atoms with Gasteiger partial charge in [0.1, 0.15) is 5.02 Å². The fraction of sp³-hybridized carbons (Fsp3) is 0.250. The minimum Gasteiger partial charge on any atom is -0.241 e. The minimum atomic E-state index is -0.494. The zero-order valence-corrected chi connectivity index (χ0v) is 4.98. The van der Waals surface area contributed by atoms with Gasteiger partial charge in [0.2, 0.25) is 5.95 Å². The van der Waals surface area contributed by atoms with E-state index in [4.69, 9.17) is 11.6 Å². The van der Waals surface area contributed by atoms with E-state index < -0.39 is 5.95 Å². The number of hydrogen-bond donors (Lipinski definition) is 0. The van der Waals surface area contributed by atoms with Gasteiger partial charge in [0.25, 0.3) is 0 Å². The lowest BCUT2D eigenvalue weighted by molar-refractivity contribution is 0.504. The number of hydrogen-bond acceptors (Lipinski definition) is 1. The highest BCUT2D eigenvalue weighted by atomic mass is 35.5. The summed E-state index contributed by atoms with van der Waals surface area (Å²) in [6.45, 7) is 0. The molecule has 0 amide bonds. The standard InChI is InChI=1S/C4H4ClFN2/c1-8-4(6)3(5)2-7-8/h2H,1H3. The average molecular weight is 135 g/mol. The van der Waals surface area contributed by atoms with E-state index in [0.29, 0.717) is 0 Å². The van der Waals surface area contributed by atoms with Gasteiger partial charge in [-0.2, -0.15) is 9.49 Å². The Balaban J connectivity index is 3.19. The van der Waals surface area contributed by atoms with Crippen LogP contribution in [-0.4, -0.2) is 9.78 Å². The zero-order valence-electron chi connectivity index (χ0n) is 4.23. The Morgan fingerprint density at radius 1 is 1.88 bits per heavy atom. The van der Waals surface area contributed by atoms with Crippen molar-refractivity contribution in [2.45, 2.75) is 0 Å². The van der Waals surface area contributed by atoms with Crippen molar-refractivity contribution >= 4 is 11.6 Å². The van der Waals surface area contributed by atoms with E-state index >= 15 is 0 Å². The summed E-state index contributed by atoms with van der Waals surface area (Å²) in [5.41, 5.74) is 0. The molecule has 0 spiro atoms.